The number of hydrogen-bond donors (Lipinski definition) is 1. The molecule has 0 amide bonds. The first-order valence-corrected chi connectivity index (χ1v) is 7.30. The lowest BCUT2D eigenvalue weighted by atomic mass is 10.3. The smallest absolute Gasteiger partial charge is 0.133 e. The lowest BCUT2D eigenvalue weighted by Gasteiger charge is -2.09. The van der Waals surface area contributed by atoms with Crippen LogP contribution < -0.4 is 5.32 Å². The molecule has 1 N–H and O–H groups in total. The minimum Gasteiger partial charge on any atom is -0.370 e. The molecule has 2 rings (SSSR count). The summed E-state index contributed by atoms with van der Waals surface area (Å²) in [6, 6.07) is 8.21. The summed E-state index contributed by atoms with van der Waals surface area (Å²) >= 11 is 5.08. The maximum Gasteiger partial charge on any atom is 0.133 e. The SMILES string of the molecule is CCNc1ncnc(Sc2ccc(Br)cc2)c1C. The highest BCUT2D eigenvalue weighted by Gasteiger charge is 2.07. The minimum absolute atomic E-state index is 0.861. The van der Waals surface area contributed by atoms with E-state index < -0.39 is 0 Å². The topological polar surface area (TPSA) is 37.8 Å². The molecule has 3 nitrogen and oxygen atoms in total. The molecule has 1 aromatic heterocycles. The molecule has 0 aliphatic rings. The van der Waals surface area contributed by atoms with E-state index in [2.05, 4.69) is 50.3 Å². The highest BCUT2D eigenvalue weighted by molar-refractivity contribution is 9.10. The number of hydrogen-bond acceptors (Lipinski definition) is 4. The summed E-state index contributed by atoms with van der Waals surface area (Å²) in [4.78, 5) is 9.75. The Kier molecular flexibility index (Phi) is 4.60. The largest absolute Gasteiger partial charge is 0.370 e. The molecule has 1 heterocycles. The van der Waals surface area contributed by atoms with Gasteiger partial charge in [-0.25, -0.2) is 9.97 Å². The fourth-order valence-electron chi connectivity index (χ4n) is 1.50. The second kappa shape index (κ2) is 6.20. The van der Waals surface area contributed by atoms with E-state index in [0.717, 1.165) is 27.4 Å². The van der Waals surface area contributed by atoms with Gasteiger partial charge in [0, 0.05) is 21.5 Å². The molecule has 0 atom stereocenters. The predicted octanol–water partition coefficient (Wildman–Crippen LogP) is 4.13. The second-order valence-electron chi connectivity index (χ2n) is 3.74. The Morgan fingerprint density at radius 2 is 1.94 bits per heavy atom. The van der Waals surface area contributed by atoms with E-state index in [-0.39, 0.29) is 0 Å². The van der Waals surface area contributed by atoms with Gasteiger partial charge in [-0.3, -0.25) is 0 Å². The van der Waals surface area contributed by atoms with E-state index >= 15 is 0 Å². The van der Waals surface area contributed by atoms with Crippen molar-refractivity contribution in [1.29, 1.82) is 0 Å². The monoisotopic (exact) mass is 323 g/mol. The summed E-state index contributed by atoms with van der Waals surface area (Å²) in [5.41, 5.74) is 1.09. The molecule has 18 heavy (non-hydrogen) atoms. The van der Waals surface area contributed by atoms with Crippen molar-refractivity contribution in [1.82, 2.24) is 9.97 Å². The third-order valence-corrected chi connectivity index (χ3v) is 4.05. The van der Waals surface area contributed by atoms with Crippen LogP contribution in [0.4, 0.5) is 5.82 Å². The fourth-order valence-corrected chi connectivity index (χ4v) is 2.61. The number of rotatable bonds is 4. The molecule has 5 heteroatoms. The third kappa shape index (κ3) is 3.23. The summed E-state index contributed by atoms with van der Waals surface area (Å²) in [6.07, 6.45) is 1.60. The van der Waals surface area contributed by atoms with Crippen LogP contribution in [-0.2, 0) is 0 Å². The fraction of sp³-hybridized carbons (Fsp3) is 0.231. The van der Waals surface area contributed by atoms with Gasteiger partial charge in [0.1, 0.15) is 17.2 Å². The average Bonchev–Trinajstić information content (AvgIpc) is 2.37. The van der Waals surface area contributed by atoms with Crippen molar-refractivity contribution in [3.8, 4) is 0 Å². The molecule has 0 spiro atoms. The van der Waals surface area contributed by atoms with Crippen molar-refractivity contribution in [3.63, 3.8) is 0 Å². The van der Waals surface area contributed by atoms with E-state index in [0.29, 0.717) is 0 Å². The van der Waals surface area contributed by atoms with Crippen molar-refractivity contribution in [3.05, 3.63) is 40.6 Å². The van der Waals surface area contributed by atoms with Crippen molar-refractivity contribution in [2.75, 3.05) is 11.9 Å². The molecule has 0 bridgehead atoms. The Balaban J connectivity index is 2.23. The van der Waals surface area contributed by atoms with Crippen LogP contribution in [0.3, 0.4) is 0 Å². The first kappa shape index (κ1) is 13.4. The molecule has 0 saturated carbocycles. The normalized spacial score (nSPS) is 10.4. The summed E-state index contributed by atoms with van der Waals surface area (Å²) < 4.78 is 1.08. The maximum atomic E-state index is 4.34. The quantitative estimate of drug-likeness (QED) is 0.858. The molecule has 0 aliphatic carbocycles. The highest BCUT2D eigenvalue weighted by atomic mass is 79.9. The number of halogens is 1. The second-order valence-corrected chi connectivity index (χ2v) is 5.72. The lowest BCUT2D eigenvalue weighted by Crippen LogP contribution is -2.03. The summed E-state index contributed by atoms with van der Waals surface area (Å²) in [7, 11) is 0. The standard InChI is InChI=1S/C13H14BrN3S/c1-3-15-12-9(2)13(17-8-16-12)18-11-6-4-10(14)5-7-11/h4-8H,3H2,1-2H3,(H,15,16,17). The molecule has 0 unspecified atom stereocenters. The number of benzene rings is 1. The Labute approximate surface area is 120 Å². The highest BCUT2D eigenvalue weighted by Crippen LogP contribution is 2.31. The number of anilines is 1. The zero-order valence-electron chi connectivity index (χ0n) is 10.3. The molecular formula is C13H14BrN3S. The van der Waals surface area contributed by atoms with E-state index in [1.165, 1.54) is 4.90 Å². The molecule has 0 fully saturated rings. The van der Waals surface area contributed by atoms with Gasteiger partial charge in [-0.15, -0.1) is 0 Å². The molecule has 2 aromatic rings. The van der Waals surface area contributed by atoms with E-state index in [9.17, 15) is 0 Å². The van der Waals surface area contributed by atoms with Crippen LogP contribution in [0.15, 0.2) is 45.0 Å². The van der Waals surface area contributed by atoms with Crippen LogP contribution in [0.5, 0.6) is 0 Å². The van der Waals surface area contributed by atoms with Crippen LogP contribution >= 0.6 is 27.7 Å². The Morgan fingerprint density at radius 1 is 1.22 bits per heavy atom. The Hall–Kier alpha value is -1.07. The van der Waals surface area contributed by atoms with Crippen LogP contribution in [-0.4, -0.2) is 16.5 Å². The van der Waals surface area contributed by atoms with E-state index in [1.807, 2.05) is 19.1 Å². The van der Waals surface area contributed by atoms with Gasteiger partial charge in [-0.2, -0.15) is 0 Å². The van der Waals surface area contributed by atoms with Crippen molar-refractivity contribution >= 4 is 33.5 Å². The van der Waals surface area contributed by atoms with Gasteiger partial charge >= 0.3 is 0 Å². The summed E-state index contributed by atoms with van der Waals surface area (Å²) in [6.45, 7) is 4.96. The summed E-state index contributed by atoms with van der Waals surface area (Å²) in [5, 5.41) is 4.23. The zero-order chi connectivity index (χ0) is 13.0. The first-order valence-electron chi connectivity index (χ1n) is 5.69. The van der Waals surface area contributed by atoms with Gasteiger partial charge in [0.05, 0.1) is 0 Å². The van der Waals surface area contributed by atoms with Crippen LogP contribution in [0.1, 0.15) is 12.5 Å². The predicted molar refractivity (Wildman–Crippen MR) is 79.2 cm³/mol. The average molecular weight is 324 g/mol. The van der Waals surface area contributed by atoms with Gasteiger partial charge in [0.2, 0.25) is 0 Å². The molecule has 0 radical (unpaired) electrons. The Morgan fingerprint density at radius 3 is 2.61 bits per heavy atom. The van der Waals surface area contributed by atoms with Gasteiger partial charge in [-0.1, -0.05) is 27.7 Å². The molecular weight excluding hydrogens is 310 g/mol. The third-order valence-electron chi connectivity index (χ3n) is 2.41. The van der Waals surface area contributed by atoms with Gasteiger partial charge < -0.3 is 5.32 Å². The number of nitrogens with one attached hydrogen (secondary N) is 1. The van der Waals surface area contributed by atoms with Gasteiger partial charge in [0.15, 0.2) is 0 Å². The zero-order valence-corrected chi connectivity index (χ0v) is 12.7. The van der Waals surface area contributed by atoms with Crippen LogP contribution in [0.2, 0.25) is 0 Å². The van der Waals surface area contributed by atoms with Crippen molar-refractivity contribution in [2.45, 2.75) is 23.8 Å². The van der Waals surface area contributed by atoms with E-state index in [1.54, 1.807) is 18.1 Å². The number of nitrogens with zero attached hydrogens (tertiary/aromatic N) is 2. The molecule has 0 aliphatic heterocycles. The summed E-state index contributed by atoms with van der Waals surface area (Å²) in [5.74, 6) is 0.909. The Bertz CT molecular complexity index is 528. The van der Waals surface area contributed by atoms with Gasteiger partial charge in [0.25, 0.3) is 0 Å². The minimum atomic E-state index is 0.861. The molecule has 1 aromatic carbocycles. The molecule has 0 saturated heterocycles. The van der Waals surface area contributed by atoms with Crippen LogP contribution in [0.25, 0.3) is 0 Å². The maximum absolute atomic E-state index is 4.34. The van der Waals surface area contributed by atoms with Crippen molar-refractivity contribution < 1.29 is 0 Å². The number of aromatic nitrogens is 2. The van der Waals surface area contributed by atoms with Crippen LogP contribution in [0, 0.1) is 6.92 Å². The molecule has 94 valence electrons. The van der Waals surface area contributed by atoms with Crippen molar-refractivity contribution in [2.24, 2.45) is 0 Å². The van der Waals surface area contributed by atoms with Gasteiger partial charge in [-0.05, 0) is 38.1 Å². The lowest BCUT2D eigenvalue weighted by molar-refractivity contribution is 0.990. The first-order chi connectivity index (χ1) is 8.70. The van der Waals surface area contributed by atoms with E-state index in [4.69, 9.17) is 0 Å².